The van der Waals surface area contributed by atoms with Crippen molar-refractivity contribution in [3.63, 3.8) is 0 Å². The average Bonchev–Trinajstić information content (AvgIpc) is 2.56. The van der Waals surface area contributed by atoms with Crippen molar-refractivity contribution >= 4 is 23.5 Å². The topological polar surface area (TPSA) is 68.3 Å². The lowest BCUT2D eigenvalue weighted by atomic mass is 10.1. The molecule has 1 aromatic carbocycles. The Hall–Kier alpha value is -2.40. The monoisotopic (exact) mass is 332 g/mol. The fourth-order valence-corrected chi connectivity index (χ4v) is 2.15. The largest absolute Gasteiger partial charge is 0.464 e. The minimum absolute atomic E-state index is 0.252. The third kappa shape index (κ3) is 5.07. The number of carbonyl (C=O) groups excluding carboxylic acids is 2. The zero-order valence-corrected chi connectivity index (χ0v) is 13.4. The van der Waals surface area contributed by atoms with Crippen LogP contribution in [0.5, 0.6) is 0 Å². The maximum atomic E-state index is 12.3. The second-order valence-electron chi connectivity index (χ2n) is 4.84. The van der Waals surface area contributed by atoms with Gasteiger partial charge in [-0.25, -0.2) is 9.78 Å². The fraction of sp³-hybridized carbons (Fsp3) is 0.235. The summed E-state index contributed by atoms with van der Waals surface area (Å²) in [6.07, 6.45) is 1.72. The quantitative estimate of drug-likeness (QED) is 0.652. The van der Waals surface area contributed by atoms with Gasteiger partial charge < -0.3 is 10.1 Å². The number of halogens is 1. The van der Waals surface area contributed by atoms with Gasteiger partial charge in [0.1, 0.15) is 11.2 Å². The molecule has 0 aliphatic rings. The first-order valence-corrected chi connectivity index (χ1v) is 7.61. The third-order valence-corrected chi connectivity index (χ3v) is 3.37. The molecule has 1 unspecified atom stereocenters. The number of amides is 1. The van der Waals surface area contributed by atoms with Gasteiger partial charge in [-0.2, -0.15) is 0 Å². The standard InChI is InChI=1S/C17H17ClN2O3/c1-2-23-17(22)14(10-12-6-4-3-5-7-12)20-16(21)13-8-9-15(18)19-11-13/h3-9,11,14H,2,10H2,1H3,(H,20,21). The van der Waals surface area contributed by atoms with Gasteiger partial charge in [-0.1, -0.05) is 41.9 Å². The molecule has 0 spiro atoms. The van der Waals surface area contributed by atoms with E-state index in [-0.39, 0.29) is 6.61 Å². The van der Waals surface area contributed by atoms with Gasteiger partial charge in [-0.15, -0.1) is 0 Å². The predicted molar refractivity (Wildman–Crippen MR) is 87.3 cm³/mol. The Balaban J connectivity index is 2.11. The van der Waals surface area contributed by atoms with E-state index in [4.69, 9.17) is 16.3 Å². The van der Waals surface area contributed by atoms with Crippen LogP contribution < -0.4 is 5.32 Å². The van der Waals surface area contributed by atoms with Gasteiger partial charge in [0.25, 0.3) is 5.91 Å². The molecule has 2 aromatic rings. The number of carbonyl (C=O) groups is 2. The zero-order valence-electron chi connectivity index (χ0n) is 12.7. The second kappa shape index (κ2) is 8.29. The van der Waals surface area contributed by atoms with Gasteiger partial charge >= 0.3 is 5.97 Å². The Morgan fingerprint density at radius 1 is 1.22 bits per heavy atom. The molecule has 1 heterocycles. The summed E-state index contributed by atoms with van der Waals surface area (Å²) in [5.74, 6) is -0.866. The molecule has 1 aromatic heterocycles. The fourth-order valence-electron chi connectivity index (χ4n) is 2.04. The van der Waals surface area contributed by atoms with Crippen LogP contribution in [-0.2, 0) is 16.0 Å². The van der Waals surface area contributed by atoms with E-state index in [2.05, 4.69) is 10.3 Å². The van der Waals surface area contributed by atoms with E-state index < -0.39 is 17.9 Å². The van der Waals surface area contributed by atoms with Gasteiger partial charge in [0, 0.05) is 12.6 Å². The van der Waals surface area contributed by atoms with Crippen LogP contribution in [-0.4, -0.2) is 29.5 Å². The number of hydrogen-bond donors (Lipinski definition) is 1. The van der Waals surface area contributed by atoms with Crippen LogP contribution in [0.4, 0.5) is 0 Å². The Labute approximate surface area is 139 Å². The minimum atomic E-state index is -0.763. The molecule has 1 atom stereocenters. The van der Waals surface area contributed by atoms with Crippen molar-refractivity contribution in [1.29, 1.82) is 0 Å². The molecule has 120 valence electrons. The molecule has 2 rings (SSSR count). The summed E-state index contributed by atoms with van der Waals surface area (Å²) in [7, 11) is 0. The van der Waals surface area contributed by atoms with Crippen molar-refractivity contribution in [2.75, 3.05) is 6.61 Å². The number of esters is 1. The number of aromatic nitrogens is 1. The molecule has 5 nitrogen and oxygen atoms in total. The van der Waals surface area contributed by atoms with Crippen LogP contribution >= 0.6 is 11.6 Å². The summed E-state index contributed by atoms with van der Waals surface area (Å²) in [6, 6.07) is 11.7. The first-order chi connectivity index (χ1) is 11.1. The van der Waals surface area contributed by atoms with Crippen molar-refractivity contribution in [2.24, 2.45) is 0 Å². The zero-order chi connectivity index (χ0) is 16.7. The molecule has 1 N–H and O–H groups in total. The Morgan fingerprint density at radius 2 is 1.96 bits per heavy atom. The number of pyridine rings is 1. The summed E-state index contributed by atoms with van der Waals surface area (Å²) in [4.78, 5) is 28.2. The molecule has 0 saturated carbocycles. The number of hydrogen-bond acceptors (Lipinski definition) is 4. The Bertz CT molecular complexity index is 659. The minimum Gasteiger partial charge on any atom is -0.464 e. The predicted octanol–water partition coefficient (Wildman–Crippen LogP) is 2.64. The van der Waals surface area contributed by atoms with Crippen LogP contribution in [0, 0.1) is 0 Å². The molecule has 6 heteroatoms. The van der Waals surface area contributed by atoms with E-state index >= 15 is 0 Å². The number of rotatable bonds is 6. The molecule has 0 aliphatic carbocycles. The van der Waals surface area contributed by atoms with Gasteiger partial charge in [0.2, 0.25) is 0 Å². The highest BCUT2D eigenvalue weighted by Gasteiger charge is 2.23. The van der Waals surface area contributed by atoms with Gasteiger partial charge in [-0.3, -0.25) is 4.79 Å². The molecule has 0 radical (unpaired) electrons. The summed E-state index contributed by atoms with van der Waals surface area (Å²) in [5.41, 5.74) is 1.26. The van der Waals surface area contributed by atoms with E-state index in [1.165, 1.54) is 12.3 Å². The van der Waals surface area contributed by atoms with Crippen LogP contribution in [0.25, 0.3) is 0 Å². The third-order valence-electron chi connectivity index (χ3n) is 3.15. The van der Waals surface area contributed by atoms with Crippen LogP contribution in [0.2, 0.25) is 5.15 Å². The van der Waals surface area contributed by atoms with E-state index in [0.29, 0.717) is 17.1 Å². The lowest BCUT2D eigenvalue weighted by Gasteiger charge is -2.17. The molecule has 0 saturated heterocycles. The average molecular weight is 333 g/mol. The molecule has 1 amide bonds. The van der Waals surface area contributed by atoms with Crippen LogP contribution in [0.1, 0.15) is 22.8 Å². The van der Waals surface area contributed by atoms with Crippen molar-refractivity contribution in [3.8, 4) is 0 Å². The van der Waals surface area contributed by atoms with Crippen molar-refractivity contribution < 1.29 is 14.3 Å². The smallest absolute Gasteiger partial charge is 0.328 e. The van der Waals surface area contributed by atoms with Crippen molar-refractivity contribution in [2.45, 2.75) is 19.4 Å². The summed E-state index contributed by atoms with van der Waals surface area (Å²) in [6.45, 7) is 1.98. The molecular weight excluding hydrogens is 316 g/mol. The molecule has 0 fully saturated rings. The van der Waals surface area contributed by atoms with Gasteiger partial charge in [-0.05, 0) is 24.6 Å². The first-order valence-electron chi connectivity index (χ1n) is 7.23. The van der Waals surface area contributed by atoms with Gasteiger partial charge in [0.05, 0.1) is 12.2 Å². The summed E-state index contributed by atoms with van der Waals surface area (Å²) in [5, 5.41) is 2.99. The molecule has 23 heavy (non-hydrogen) atoms. The lowest BCUT2D eigenvalue weighted by molar-refractivity contribution is -0.145. The highest BCUT2D eigenvalue weighted by atomic mass is 35.5. The number of ether oxygens (including phenoxy) is 1. The van der Waals surface area contributed by atoms with Gasteiger partial charge in [0.15, 0.2) is 0 Å². The Kier molecular flexibility index (Phi) is 6.11. The van der Waals surface area contributed by atoms with Crippen LogP contribution in [0.15, 0.2) is 48.7 Å². The van der Waals surface area contributed by atoms with Crippen molar-refractivity contribution in [3.05, 3.63) is 64.9 Å². The number of benzene rings is 1. The van der Waals surface area contributed by atoms with E-state index in [9.17, 15) is 9.59 Å². The highest BCUT2D eigenvalue weighted by molar-refractivity contribution is 6.29. The highest BCUT2D eigenvalue weighted by Crippen LogP contribution is 2.08. The van der Waals surface area contributed by atoms with E-state index in [0.717, 1.165) is 5.56 Å². The van der Waals surface area contributed by atoms with Crippen LogP contribution in [0.3, 0.4) is 0 Å². The van der Waals surface area contributed by atoms with Crippen molar-refractivity contribution in [1.82, 2.24) is 10.3 Å². The molecular formula is C17H17ClN2O3. The SMILES string of the molecule is CCOC(=O)C(Cc1ccccc1)NC(=O)c1ccc(Cl)nc1. The van der Waals surface area contributed by atoms with E-state index in [1.54, 1.807) is 13.0 Å². The van der Waals surface area contributed by atoms with E-state index in [1.807, 2.05) is 30.3 Å². The lowest BCUT2D eigenvalue weighted by Crippen LogP contribution is -2.43. The number of nitrogens with zero attached hydrogens (tertiary/aromatic N) is 1. The first kappa shape index (κ1) is 17.0. The Morgan fingerprint density at radius 3 is 2.57 bits per heavy atom. The summed E-state index contributed by atoms with van der Waals surface area (Å²) < 4.78 is 5.04. The molecule has 0 bridgehead atoms. The normalized spacial score (nSPS) is 11.6. The maximum Gasteiger partial charge on any atom is 0.328 e. The molecule has 0 aliphatic heterocycles. The number of nitrogens with one attached hydrogen (secondary N) is 1. The maximum absolute atomic E-state index is 12.3. The summed E-state index contributed by atoms with van der Waals surface area (Å²) >= 11 is 5.70. The second-order valence-corrected chi connectivity index (χ2v) is 5.22.